The van der Waals surface area contributed by atoms with Crippen molar-refractivity contribution < 1.29 is 4.79 Å². The molecule has 0 aliphatic rings. The Balaban J connectivity index is 2.15. The van der Waals surface area contributed by atoms with Gasteiger partial charge in [0.1, 0.15) is 0 Å². The topological polar surface area (TPSA) is 34.9 Å². The van der Waals surface area contributed by atoms with Gasteiger partial charge in [-0.2, -0.15) is 5.10 Å². The van der Waals surface area contributed by atoms with Crippen molar-refractivity contribution in [3.63, 3.8) is 0 Å². The highest BCUT2D eigenvalue weighted by molar-refractivity contribution is 5.97. The molecule has 0 atom stereocenters. The third-order valence-corrected chi connectivity index (χ3v) is 3.10. The summed E-state index contributed by atoms with van der Waals surface area (Å²) in [6.07, 6.45) is 1.30. The molecule has 18 heavy (non-hydrogen) atoms. The van der Waals surface area contributed by atoms with Gasteiger partial charge in [-0.25, -0.2) is 0 Å². The lowest BCUT2D eigenvalue weighted by molar-refractivity contribution is 0.0991. The Kier molecular flexibility index (Phi) is 3.60. The standard InChI is InChI=1S/C15H18N2O/c1-4-13-9-14(17(3)16-13)10-15(18)12-7-5-11(2)6-8-12/h5-9H,4,10H2,1-3H3. The molecule has 2 rings (SSSR count). The lowest BCUT2D eigenvalue weighted by Gasteiger charge is -2.02. The molecular formula is C15H18N2O. The maximum atomic E-state index is 12.1. The Morgan fingerprint density at radius 2 is 1.94 bits per heavy atom. The first-order valence-electron chi connectivity index (χ1n) is 6.22. The summed E-state index contributed by atoms with van der Waals surface area (Å²) in [5.41, 5.74) is 3.93. The van der Waals surface area contributed by atoms with Crippen molar-refractivity contribution in [1.29, 1.82) is 0 Å². The number of Topliss-reactive ketones (excluding diaryl/α,β-unsaturated/α-hetero) is 1. The van der Waals surface area contributed by atoms with Crippen molar-refractivity contribution in [2.24, 2.45) is 7.05 Å². The zero-order chi connectivity index (χ0) is 13.1. The second-order valence-electron chi connectivity index (χ2n) is 4.57. The van der Waals surface area contributed by atoms with E-state index in [1.807, 2.05) is 44.3 Å². The van der Waals surface area contributed by atoms with Crippen LogP contribution in [0.2, 0.25) is 0 Å². The molecule has 2 aromatic rings. The SMILES string of the molecule is CCc1cc(CC(=O)c2ccc(C)cc2)n(C)n1. The van der Waals surface area contributed by atoms with Crippen molar-refractivity contribution in [3.8, 4) is 0 Å². The van der Waals surface area contributed by atoms with Crippen LogP contribution in [0.15, 0.2) is 30.3 Å². The van der Waals surface area contributed by atoms with Crippen LogP contribution in [0.4, 0.5) is 0 Å². The minimum Gasteiger partial charge on any atom is -0.294 e. The van der Waals surface area contributed by atoms with E-state index in [4.69, 9.17) is 0 Å². The zero-order valence-corrected chi connectivity index (χ0v) is 11.1. The van der Waals surface area contributed by atoms with Crippen LogP contribution >= 0.6 is 0 Å². The maximum absolute atomic E-state index is 12.1. The summed E-state index contributed by atoms with van der Waals surface area (Å²) in [6, 6.07) is 9.71. The lowest BCUT2D eigenvalue weighted by Crippen LogP contribution is -2.07. The first-order chi connectivity index (χ1) is 8.60. The molecule has 0 N–H and O–H groups in total. The highest BCUT2D eigenvalue weighted by atomic mass is 16.1. The van der Waals surface area contributed by atoms with Crippen LogP contribution in [0, 0.1) is 6.92 Å². The Morgan fingerprint density at radius 3 is 2.50 bits per heavy atom. The number of hydrogen-bond donors (Lipinski definition) is 0. The third-order valence-electron chi connectivity index (χ3n) is 3.10. The molecule has 0 saturated heterocycles. The quantitative estimate of drug-likeness (QED) is 0.773. The number of benzene rings is 1. The summed E-state index contributed by atoms with van der Waals surface area (Å²) in [7, 11) is 1.89. The van der Waals surface area contributed by atoms with Crippen molar-refractivity contribution in [1.82, 2.24) is 9.78 Å². The summed E-state index contributed by atoms with van der Waals surface area (Å²) in [5, 5.41) is 4.35. The predicted molar refractivity (Wildman–Crippen MR) is 71.8 cm³/mol. The minimum atomic E-state index is 0.139. The molecule has 0 spiro atoms. The third kappa shape index (κ3) is 2.67. The van der Waals surface area contributed by atoms with Gasteiger partial charge < -0.3 is 0 Å². The second-order valence-corrected chi connectivity index (χ2v) is 4.57. The van der Waals surface area contributed by atoms with Crippen LogP contribution in [-0.4, -0.2) is 15.6 Å². The van der Waals surface area contributed by atoms with Crippen molar-refractivity contribution >= 4 is 5.78 Å². The number of carbonyl (C=O) groups is 1. The smallest absolute Gasteiger partial charge is 0.168 e. The molecule has 0 amide bonds. The molecule has 0 unspecified atom stereocenters. The molecule has 0 saturated carbocycles. The molecule has 0 bridgehead atoms. The van der Waals surface area contributed by atoms with Crippen LogP contribution < -0.4 is 0 Å². The summed E-state index contributed by atoms with van der Waals surface area (Å²) >= 11 is 0. The van der Waals surface area contributed by atoms with Gasteiger partial charge >= 0.3 is 0 Å². The molecule has 3 heteroatoms. The van der Waals surface area contributed by atoms with E-state index in [9.17, 15) is 4.79 Å². The maximum Gasteiger partial charge on any atom is 0.168 e. The predicted octanol–water partition coefficient (Wildman–Crippen LogP) is 2.72. The van der Waals surface area contributed by atoms with Gasteiger partial charge in [0.15, 0.2) is 5.78 Å². The highest BCUT2D eigenvalue weighted by Crippen LogP contribution is 2.10. The average molecular weight is 242 g/mol. The number of rotatable bonds is 4. The Hall–Kier alpha value is -1.90. The van der Waals surface area contributed by atoms with Crippen molar-refractivity contribution in [3.05, 3.63) is 52.8 Å². The van der Waals surface area contributed by atoms with E-state index in [0.717, 1.165) is 23.4 Å². The monoisotopic (exact) mass is 242 g/mol. The van der Waals surface area contributed by atoms with Crippen LogP contribution in [-0.2, 0) is 19.9 Å². The van der Waals surface area contributed by atoms with Gasteiger partial charge in [-0.15, -0.1) is 0 Å². The molecule has 3 nitrogen and oxygen atoms in total. The normalized spacial score (nSPS) is 10.6. The fourth-order valence-electron chi connectivity index (χ4n) is 1.92. The summed E-state index contributed by atoms with van der Waals surface area (Å²) in [4.78, 5) is 12.1. The van der Waals surface area contributed by atoms with Gasteiger partial charge in [0.05, 0.1) is 12.1 Å². The van der Waals surface area contributed by atoms with Crippen LogP contribution in [0.5, 0.6) is 0 Å². The van der Waals surface area contributed by atoms with Gasteiger partial charge in [0.2, 0.25) is 0 Å². The van der Waals surface area contributed by atoms with Crippen LogP contribution in [0.3, 0.4) is 0 Å². The highest BCUT2D eigenvalue weighted by Gasteiger charge is 2.11. The number of hydrogen-bond acceptors (Lipinski definition) is 2. The van der Waals surface area contributed by atoms with Crippen molar-refractivity contribution in [2.75, 3.05) is 0 Å². The fourth-order valence-corrected chi connectivity index (χ4v) is 1.92. The number of ketones is 1. The first kappa shape index (κ1) is 12.6. The largest absolute Gasteiger partial charge is 0.294 e. The zero-order valence-electron chi connectivity index (χ0n) is 11.1. The number of nitrogens with zero attached hydrogens (tertiary/aromatic N) is 2. The summed E-state index contributed by atoms with van der Waals surface area (Å²) in [5.74, 6) is 0.139. The van der Waals surface area contributed by atoms with E-state index in [1.54, 1.807) is 4.68 Å². The van der Waals surface area contributed by atoms with E-state index < -0.39 is 0 Å². The van der Waals surface area contributed by atoms with Gasteiger partial charge in [-0.05, 0) is 19.4 Å². The van der Waals surface area contributed by atoms with Gasteiger partial charge in [-0.3, -0.25) is 9.48 Å². The molecule has 0 aliphatic heterocycles. The van der Waals surface area contributed by atoms with Crippen LogP contribution in [0.25, 0.3) is 0 Å². The van der Waals surface area contributed by atoms with E-state index in [0.29, 0.717) is 6.42 Å². The van der Waals surface area contributed by atoms with Gasteiger partial charge in [0, 0.05) is 18.3 Å². The average Bonchev–Trinajstić information content (AvgIpc) is 2.71. The number of carbonyl (C=O) groups excluding carboxylic acids is 1. The van der Waals surface area contributed by atoms with Gasteiger partial charge in [0.25, 0.3) is 0 Å². The summed E-state index contributed by atoms with van der Waals surface area (Å²) in [6.45, 7) is 4.08. The minimum absolute atomic E-state index is 0.139. The molecular weight excluding hydrogens is 224 g/mol. The molecule has 1 aromatic carbocycles. The van der Waals surface area contributed by atoms with E-state index in [1.165, 1.54) is 5.56 Å². The van der Waals surface area contributed by atoms with Crippen LogP contribution in [0.1, 0.15) is 34.2 Å². The Morgan fingerprint density at radius 1 is 1.28 bits per heavy atom. The first-order valence-corrected chi connectivity index (χ1v) is 6.22. The summed E-state index contributed by atoms with van der Waals surface area (Å²) < 4.78 is 1.80. The number of aryl methyl sites for hydroxylation is 3. The van der Waals surface area contributed by atoms with E-state index in [-0.39, 0.29) is 5.78 Å². The molecule has 1 heterocycles. The Labute approximate surface area is 107 Å². The second kappa shape index (κ2) is 5.17. The molecule has 94 valence electrons. The molecule has 0 radical (unpaired) electrons. The van der Waals surface area contributed by atoms with E-state index >= 15 is 0 Å². The molecule has 0 aliphatic carbocycles. The molecule has 0 fully saturated rings. The molecule has 1 aromatic heterocycles. The van der Waals surface area contributed by atoms with Crippen molar-refractivity contribution in [2.45, 2.75) is 26.7 Å². The fraction of sp³-hybridized carbons (Fsp3) is 0.333. The van der Waals surface area contributed by atoms with E-state index in [2.05, 4.69) is 12.0 Å². The Bertz CT molecular complexity index is 552. The number of aromatic nitrogens is 2. The van der Waals surface area contributed by atoms with Gasteiger partial charge in [-0.1, -0.05) is 36.8 Å². The lowest BCUT2D eigenvalue weighted by atomic mass is 10.0.